The lowest BCUT2D eigenvalue weighted by atomic mass is 10.1. The maximum atomic E-state index is 12.2. The fourth-order valence-electron chi connectivity index (χ4n) is 2.71. The molecule has 0 radical (unpaired) electrons. The molecule has 2 aliphatic heterocycles. The first-order valence-electron chi connectivity index (χ1n) is 7.22. The molecule has 22 heavy (non-hydrogen) atoms. The molecule has 2 aliphatic rings. The standard InChI is InChI=1S/C15H17Cl2NO3S/c16-11-1-2-13(12(17)9-11)20-10-14(19)18-5-3-15(4-6-18)21-7-8-22-15/h1-2,9H,3-8,10H2. The molecule has 120 valence electrons. The van der Waals surface area contributed by atoms with Gasteiger partial charge in [-0.1, -0.05) is 23.2 Å². The molecule has 2 fully saturated rings. The third-order valence-corrected chi connectivity index (χ3v) is 5.89. The Morgan fingerprint density at radius 3 is 2.77 bits per heavy atom. The predicted molar refractivity (Wildman–Crippen MR) is 88.9 cm³/mol. The van der Waals surface area contributed by atoms with Gasteiger partial charge in [0.2, 0.25) is 0 Å². The van der Waals surface area contributed by atoms with Crippen molar-refractivity contribution in [2.75, 3.05) is 32.1 Å². The summed E-state index contributed by atoms with van der Waals surface area (Å²) in [6.45, 7) is 2.23. The lowest BCUT2D eigenvalue weighted by molar-refractivity contribution is -0.136. The molecule has 1 spiro atoms. The number of nitrogens with zero attached hydrogens (tertiary/aromatic N) is 1. The third-order valence-electron chi connectivity index (χ3n) is 3.94. The van der Waals surface area contributed by atoms with Crippen molar-refractivity contribution in [1.82, 2.24) is 4.90 Å². The van der Waals surface area contributed by atoms with Crippen LogP contribution < -0.4 is 4.74 Å². The Bertz CT molecular complexity index is 554. The largest absolute Gasteiger partial charge is 0.482 e. The van der Waals surface area contributed by atoms with Crippen molar-refractivity contribution in [3.8, 4) is 5.75 Å². The van der Waals surface area contributed by atoms with Gasteiger partial charge in [-0.05, 0) is 18.2 Å². The summed E-state index contributed by atoms with van der Waals surface area (Å²) in [5.41, 5.74) is 0. The van der Waals surface area contributed by atoms with Gasteiger partial charge in [0.15, 0.2) is 6.61 Å². The number of hydrogen-bond acceptors (Lipinski definition) is 4. The highest BCUT2D eigenvalue weighted by atomic mass is 35.5. The Morgan fingerprint density at radius 1 is 1.36 bits per heavy atom. The number of amides is 1. The van der Waals surface area contributed by atoms with Crippen LogP contribution in [-0.2, 0) is 9.53 Å². The molecule has 2 heterocycles. The summed E-state index contributed by atoms with van der Waals surface area (Å²) < 4.78 is 11.3. The first-order valence-corrected chi connectivity index (χ1v) is 8.96. The summed E-state index contributed by atoms with van der Waals surface area (Å²) in [7, 11) is 0. The van der Waals surface area contributed by atoms with E-state index in [-0.39, 0.29) is 17.4 Å². The second kappa shape index (κ2) is 6.87. The van der Waals surface area contributed by atoms with E-state index in [4.69, 9.17) is 32.7 Å². The molecule has 7 heteroatoms. The van der Waals surface area contributed by atoms with Gasteiger partial charge in [-0.3, -0.25) is 4.79 Å². The van der Waals surface area contributed by atoms with Gasteiger partial charge in [0.25, 0.3) is 5.91 Å². The number of thioether (sulfide) groups is 1. The fraction of sp³-hybridized carbons (Fsp3) is 0.533. The first-order chi connectivity index (χ1) is 10.6. The molecule has 4 nitrogen and oxygen atoms in total. The third kappa shape index (κ3) is 3.65. The van der Waals surface area contributed by atoms with Crippen molar-refractivity contribution in [2.24, 2.45) is 0 Å². The molecule has 1 aromatic carbocycles. The lowest BCUT2D eigenvalue weighted by Gasteiger charge is -2.37. The van der Waals surface area contributed by atoms with Crippen molar-refractivity contribution in [3.05, 3.63) is 28.2 Å². The number of rotatable bonds is 3. The van der Waals surface area contributed by atoms with Gasteiger partial charge in [-0.2, -0.15) is 0 Å². The monoisotopic (exact) mass is 361 g/mol. The zero-order valence-corrected chi connectivity index (χ0v) is 14.3. The van der Waals surface area contributed by atoms with Crippen LogP contribution in [0.1, 0.15) is 12.8 Å². The quantitative estimate of drug-likeness (QED) is 0.826. The Labute approximate surface area is 144 Å². The minimum atomic E-state index is -0.0584. The Hall–Kier alpha value is -0.620. The van der Waals surface area contributed by atoms with Crippen LogP contribution in [0.25, 0.3) is 0 Å². The second-order valence-electron chi connectivity index (χ2n) is 5.35. The maximum absolute atomic E-state index is 12.2. The van der Waals surface area contributed by atoms with Crippen LogP contribution in [-0.4, -0.2) is 47.8 Å². The molecule has 0 bridgehead atoms. The van der Waals surface area contributed by atoms with Crippen molar-refractivity contribution < 1.29 is 14.3 Å². The highest BCUT2D eigenvalue weighted by Crippen LogP contribution is 2.41. The van der Waals surface area contributed by atoms with Gasteiger partial charge in [0, 0.05) is 36.7 Å². The van der Waals surface area contributed by atoms with Crippen LogP contribution in [0.15, 0.2) is 18.2 Å². The van der Waals surface area contributed by atoms with E-state index in [2.05, 4.69) is 0 Å². The van der Waals surface area contributed by atoms with Crippen molar-refractivity contribution >= 4 is 40.9 Å². The van der Waals surface area contributed by atoms with E-state index in [9.17, 15) is 4.79 Å². The van der Waals surface area contributed by atoms with Crippen LogP contribution in [0.2, 0.25) is 10.0 Å². The number of hydrogen-bond donors (Lipinski definition) is 0. The number of benzene rings is 1. The second-order valence-corrected chi connectivity index (χ2v) is 7.64. The zero-order valence-electron chi connectivity index (χ0n) is 12.0. The molecule has 1 aromatic rings. The summed E-state index contributed by atoms with van der Waals surface area (Å²) in [6.07, 6.45) is 1.76. The van der Waals surface area contributed by atoms with Crippen LogP contribution in [0.3, 0.4) is 0 Å². The number of halogens is 2. The number of piperidine rings is 1. The SMILES string of the molecule is O=C(COc1ccc(Cl)cc1Cl)N1CCC2(CC1)OCCS2. The molecule has 0 aromatic heterocycles. The molecule has 0 atom stereocenters. The molecular formula is C15H17Cl2NO3S. The molecule has 0 N–H and O–H groups in total. The number of carbonyl (C=O) groups excluding carboxylic acids is 1. The molecular weight excluding hydrogens is 345 g/mol. The van der Waals surface area contributed by atoms with E-state index in [1.807, 2.05) is 16.7 Å². The number of carbonyl (C=O) groups is 1. The van der Waals surface area contributed by atoms with E-state index in [1.165, 1.54) is 0 Å². The van der Waals surface area contributed by atoms with E-state index in [1.54, 1.807) is 18.2 Å². The Morgan fingerprint density at radius 2 is 2.14 bits per heavy atom. The van der Waals surface area contributed by atoms with Crippen molar-refractivity contribution in [1.29, 1.82) is 0 Å². The maximum Gasteiger partial charge on any atom is 0.260 e. The molecule has 0 aliphatic carbocycles. The van der Waals surface area contributed by atoms with Crippen LogP contribution >= 0.6 is 35.0 Å². The summed E-state index contributed by atoms with van der Waals surface area (Å²) in [4.78, 5) is 14.0. The van der Waals surface area contributed by atoms with Crippen LogP contribution in [0.5, 0.6) is 5.75 Å². The summed E-state index contributed by atoms with van der Waals surface area (Å²) in [6, 6.07) is 4.96. The molecule has 1 amide bonds. The van der Waals surface area contributed by atoms with Crippen molar-refractivity contribution in [3.63, 3.8) is 0 Å². The van der Waals surface area contributed by atoms with Gasteiger partial charge < -0.3 is 14.4 Å². The summed E-state index contributed by atoms with van der Waals surface area (Å²) in [5.74, 6) is 1.50. The van der Waals surface area contributed by atoms with E-state index < -0.39 is 0 Å². The summed E-state index contributed by atoms with van der Waals surface area (Å²) >= 11 is 13.7. The Kier molecular flexibility index (Phi) is 5.07. The number of likely N-dealkylation sites (tertiary alicyclic amines) is 1. The van der Waals surface area contributed by atoms with Gasteiger partial charge in [-0.15, -0.1) is 11.8 Å². The molecule has 2 saturated heterocycles. The average molecular weight is 362 g/mol. The molecule has 0 saturated carbocycles. The molecule has 0 unspecified atom stereocenters. The van der Waals surface area contributed by atoms with Gasteiger partial charge in [0.1, 0.15) is 10.7 Å². The Balaban J connectivity index is 1.50. The van der Waals surface area contributed by atoms with E-state index >= 15 is 0 Å². The fourth-order valence-corrected chi connectivity index (χ4v) is 4.35. The highest BCUT2D eigenvalue weighted by molar-refractivity contribution is 8.00. The average Bonchev–Trinajstić information content (AvgIpc) is 2.95. The first kappa shape index (κ1) is 16.2. The minimum Gasteiger partial charge on any atom is -0.482 e. The van der Waals surface area contributed by atoms with E-state index in [0.29, 0.717) is 28.9 Å². The zero-order chi connectivity index (χ0) is 15.6. The van der Waals surface area contributed by atoms with Gasteiger partial charge in [-0.25, -0.2) is 0 Å². The predicted octanol–water partition coefficient (Wildman–Crippen LogP) is 3.45. The van der Waals surface area contributed by atoms with Crippen molar-refractivity contribution in [2.45, 2.75) is 17.8 Å². The number of ether oxygens (including phenoxy) is 2. The van der Waals surface area contributed by atoms with E-state index in [0.717, 1.165) is 25.2 Å². The van der Waals surface area contributed by atoms with Gasteiger partial charge >= 0.3 is 0 Å². The van der Waals surface area contributed by atoms with Gasteiger partial charge in [0.05, 0.1) is 11.6 Å². The highest BCUT2D eigenvalue weighted by Gasteiger charge is 2.40. The topological polar surface area (TPSA) is 38.8 Å². The van der Waals surface area contributed by atoms with Crippen LogP contribution in [0, 0.1) is 0 Å². The molecule has 3 rings (SSSR count). The minimum absolute atomic E-state index is 0.0116. The smallest absolute Gasteiger partial charge is 0.260 e. The summed E-state index contributed by atoms with van der Waals surface area (Å²) in [5, 5.41) is 0.952. The lowest BCUT2D eigenvalue weighted by Crippen LogP contribution is -2.46. The normalized spacial score (nSPS) is 20.4. The van der Waals surface area contributed by atoms with Crippen LogP contribution in [0.4, 0.5) is 0 Å².